The molecule has 25 heavy (non-hydrogen) atoms. The van der Waals surface area contributed by atoms with Crippen molar-refractivity contribution < 1.29 is 9.53 Å². The van der Waals surface area contributed by atoms with Crippen LogP contribution in [0.15, 0.2) is 48.9 Å². The fourth-order valence-electron chi connectivity index (χ4n) is 3.52. The van der Waals surface area contributed by atoms with E-state index in [-0.39, 0.29) is 11.9 Å². The summed E-state index contributed by atoms with van der Waals surface area (Å²) in [7, 11) is 2.00. The number of morpholine rings is 1. The molecule has 3 heterocycles. The quantitative estimate of drug-likeness (QED) is 0.734. The van der Waals surface area contributed by atoms with Crippen LogP contribution >= 0.6 is 0 Å². The zero-order valence-electron chi connectivity index (χ0n) is 14.3. The van der Waals surface area contributed by atoms with Gasteiger partial charge in [-0.05, 0) is 24.3 Å². The standard InChI is InChI=1S/C19H22N4O2/c1-21-9-4-7-17(21)18-13-25-12-11-23(18)19(24)8-10-22-14-20-15-5-2-3-6-16(15)22/h2-7,9,14,18H,8,10-13H2,1H3/t18-/m1/s1. The highest BCUT2D eigenvalue weighted by molar-refractivity contribution is 5.78. The van der Waals surface area contributed by atoms with Crippen LogP contribution in [0, 0.1) is 0 Å². The maximum absolute atomic E-state index is 12.9. The van der Waals surface area contributed by atoms with Gasteiger partial charge in [0.1, 0.15) is 0 Å². The van der Waals surface area contributed by atoms with Gasteiger partial charge in [0.15, 0.2) is 0 Å². The van der Waals surface area contributed by atoms with E-state index in [1.54, 1.807) is 0 Å². The summed E-state index contributed by atoms with van der Waals surface area (Å²) in [6, 6.07) is 12.0. The Kier molecular flexibility index (Phi) is 4.28. The van der Waals surface area contributed by atoms with E-state index in [1.807, 2.05) is 59.4 Å². The second kappa shape index (κ2) is 6.72. The highest BCUT2D eigenvalue weighted by Gasteiger charge is 2.29. The molecule has 1 aliphatic rings. The molecule has 0 aliphatic carbocycles. The number of aryl methyl sites for hydroxylation is 2. The van der Waals surface area contributed by atoms with Crippen molar-refractivity contribution in [3.05, 3.63) is 54.6 Å². The fourth-order valence-corrected chi connectivity index (χ4v) is 3.52. The number of hydrogen-bond acceptors (Lipinski definition) is 3. The smallest absolute Gasteiger partial charge is 0.225 e. The molecule has 3 aromatic rings. The Bertz CT molecular complexity index is 882. The van der Waals surface area contributed by atoms with Crippen molar-refractivity contribution in [2.24, 2.45) is 7.05 Å². The van der Waals surface area contributed by atoms with Crippen molar-refractivity contribution in [1.29, 1.82) is 0 Å². The Labute approximate surface area is 146 Å². The van der Waals surface area contributed by atoms with E-state index < -0.39 is 0 Å². The van der Waals surface area contributed by atoms with E-state index >= 15 is 0 Å². The Morgan fingerprint density at radius 2 is 2.16 bits per heavy atom. The van der Waals surface area contributed by atoms with Crippen molar-refractivity contribution >= 4 is 16.9 Å². The maximum atomic E-state index is 12.9. The summed E-state index contributed by atoms with van der Waals surface area (Å²) in [4.78, 5) is 19.2. The van der Waals surface area contributed by atoms with Gasteiger partial charge in [0.2, 0.25) is 5.91 Å². The summed E-state index contributed by atoms with van der Waals surface area (Å²) in [5.41, 5.74) is 3.14. The largest absolute Gasteiger partial charge is 0.377 e. The van der Waals surface area contributed by atoms with E-state index in [9.17, 15) is 4.79 Å². The molecule has 2 aromatic heterocycles. The molecule has 1 atom stereocenters. The molecule has 1 amide bonds. The van der Waals surface area contributed by atoms with Crippen molar-refractivity contribution in [2.45, 2.75) is 19.0 Å². The Hall–Kier alpha value is -2.60. The van der Waals surface area contributed by atoms with Gasteiger partial charge in [-0.2, -0.15) is 0 Å². The highest BCUT2D eigenvalue weighted by Crippen LogP contribution is 2.25. The summed E-state index contributed by atoms with van der Waals surface area (Å²) >= 11 is 0. The molecule has 1 fully saturated rings. The van der Waals surface area contributed by atoms with Crippen LogP contribution in [-0.4, -0.2) is 44.7 Å². The van der Waals surface area contributed by atoms with Crippen LogP contribution in [0.25, 0.3) is 11.0 Å². The first-order valence-corrected chi connectivity index (χ1v) is 8.62. The van der Waals surface area contributed by atoms with Crippen LogP contribution in [0.3, 0.4) is 0 Å². The lowest BCUT2D eigenvalue weighted by Crippen LogP contribution is -2.44. The third kappa shape index (κ3) is 3.05. The van der Waals surface area contributed by atoms with Crippen molar-refractivity contribution in [1.82, 2.24) is 19.0 Å². The first-order valence-electron chi connectivity index (χ1n) is 8.62. The Balaban J connectivity index is 1.48. The topological polar surface area (TPSA) is 52.3 Å². The predicted octanol–water partition coefficient (Wildman–Crippen LogP) is 2.37. The van der Waals surface area contributed by atoms with Crippen molar-refractivity contribution in [3.8, 4) is 0 Å². The summed E-state index contributed by atoms with van der Waals surface area (Å²) in [5.74, 6) is 0.160. The third-order valence-electron chi connectivity index (χ3n) is 4.87. The summed E-state index contributed by atoms with van der Waals surface area (Å²) < 4.78 is 9.73. The van der Waals surface area contributed by atoms with Crippen LogP contribution in [0.2, 0.25) is 0 Å². The monoisotopic (exact) mass is 338 g/mol. The molecule has 130 valence electrons. The number of aromatic nitrogens is 3. The van der Waals surface area contributed by atoms with Gasteiger partial charge >= 0.3 is 0 Å². The second-order valence-electron chi connectivity index (χ2n) is 6.40. The molecule has 0 saturated carbocycles. The summed E-state index contributed by atoms with van der Waals surface area (Å²) in [6.07, 6.45) is 4.28. The number of carbonyl (C=O) groups excluding carboxylic acids is 1. The summed E-state index contributed by atoms with van der Waals surface area (Å²) in [6.45, 7) is 2.42. The van der Waals surface area contributed by atoms with Crippen LogP contribution in [0.1, 0.15) is 18.2 Å². The molecule has 0 unspecified atom stereocenters. The minimum Gasteiger partial charge on any atom is -0.377 e. The minimum atomic E-state index is -0.0132. The van der Waals surface area contributed by atoms with Crippen LogP contribution in [-0.2, 0) is 23.1 Å². The lowest BCUT2D eigenvalue weighted by molar-refractivity contribution is -0.140. The van der Waals surface area contributed by atoms with Crippen LogP contribution in [0.5, 0.6) is 0 Å². The Morgan fingerprint density at radius 3 is 3.00 bits per heavy atom. The molecular formula is C19H22N4O2. The average Bonchev–Trinajstić information content (AvgIpc) is 3.26. The number of hydrogen-bond donors (Lipinski definition) is 0. The molecule has 0 N–H and O–H groups in total. The number of nitrogens with zero attached hydrogens (tertiary/aromatic N) is 4. The van der Waals surface area contributed by atoms with Crippen LogP contribution < -0.4 is 0 Å². The SMILES string of the molecule is Cn1cccc1[C@H]1COCCN1C(=O)CCn1cnc2ccccc21. The Morgan fingerprint density at radius 1 is 1.28 bits per heavy atom. The molecule has 0 spiro atoms. The van der Waals surface area contributed by atoms with E-state index in [2.05, 4.69) is 15.6 Å². The molecule has 6 heteroatoms. The highest BCUT2D eigenvalue weighted by atomic mass is 16.5. The zero-order valence-corrected chi connectivity index (χ0v) is 14.3. The van der Waals surface area contributed by atoms with E-state index in [1.165, 1.54) is 0 Å². The number of rotatable bonds is 4. The van der Waals surface area contributed by atoms with Gasteiger partial charge in [-0.15, -0.1) is 0 Å². The summed E-state index contributed by atoms with van der Waals surface area (Å²) in [5, 5.41) is 0. The maximum Gasteiger partial charge on any atom is 0.225 e. The van der Waals surface area contributed by atoms with Gasteiger partial charge in [0, 0.05) is 38.4 Å². The number of para-hydroxylation sites is 2. The molecule has 4 rings (SSSR count). The lowest BCUT2D eigenvalue weighted by atomic mass is 10.1. The first kappa shape index (κ1) is 15.9. The van der Waals surface area contributed by atoms with Gasteiger partial charge < -0.3 is 18.8 Å². The minimum absolute atomic E-state index is 0.0132. The van der Waals surface area contributed by atoms with Crippen molar-refractivity contribution in [2.75, 3.05) is 19.8 Å². The fraction of sp³-hybridized carbons (Fsp3) is 0.368. The second-order valence-corrected chi connectivity index (χ2v) is 6.40. The molecule has 1 saturated heterocycles. The first-order chi connectivity index (χ1) is 12.2. The van der Waals surface area contributed by atoms with Gasteiger partial charge in [-0.25, -0.2) is 4.98 Å². The van der Waals surface area contributed by atoms with Crippen LogP contribution in [0.4, 0.5) is 0 Å². The van der Waals surface area contributed by atoms with E-state index in [0.29, 0.717) is 32.7 Å². The lowest BCUT2D eigenvalue weighted by Gasteiger charge is -2.36. The van der Waals surface area contributed by atoms with Gasteiger partial charge in [0.25, 0.3) is 0 Å². The number of benzene rings is 1. The van der Waals surface area contributed by atoms with Gasteiger partial charge in [-0.3, -0.25) is 4.79 Å². The zero-order chi connectivity index (χ0) is 17.2. The predicted molar refractivity (Wildman–Crippen MR) is 95.0 cm³/mol. The molecule has 0 bridgehead atoms. The van der Waals surface area contributed by atoms with E-state index in [4.69, 9.17) is 4.74 Å². The van der Waals surface area contributed by atoms with E-state index in [0.717, 1.165) is 16.7 Å². The molecule has 1 aromatic carbocycles. The van der Waals surface area contributed by atoms with Crippen molar-refractivity contribution in [3.63, 3.8) is 0 Å². The van der Waals surface area contributed by atoms with Gasteiger partial charge in [-0.1, -0.05) is 12.1 Å². The number of amides is 1. The number of fused-ring (bicyclic) bond motifs is 1. The van der Waals surface area contributed by atoms with Gasteiger partial charge in [0.05, 0.1) is 36.6 Å². The molecule has 1 aliphatic heterocycles. The number of imidazole rings is 1. The molecule has 6 nitrogen and oxygen atoms in total. The normalized spacial score (nSPS) is 18.0. The number of carbonyl (C=O) groups is 1. The number of ether oxygens (including phenoxy) is 1. The average molecular weight is 338 g/mol. The molecular weight excluding hydrogens is 316 g/mol. The molecule has 0 radical (unpaired) electrons. The third-order valence-corrected chi connectivity index (χ3v) is 4.87.